The Morgan fingerprint density at radius 2 is 1.53 bits per heavy atom. The average molecular weight is 861 g/mol. The molecular formula is C47H60F4N8O3. The van der Waals surface area contributed by atoms with Gasteiger partial charge < -0.3 is 28.9 Å². The molecule has 0 radical (unpaired) electrons. The summed E-state index contributed by atoms with van der Waals surface area (Å²) in [5.41, 5.74) is 2.30. The maximum absolute atomic E-state index is 15.2. The highest BCUT2D eigenvalue weighted by molar-refractivity contribution is 5.62. The molecule has 0 N–H and O–H groups in total. The highest BCUT2D eigenvalue weighted by atomic mass is 19.4. The van der Waals surface area contributed by atoms with Crippen molar-refractivity contribution in [2.45, 2.75) is 109 Å². The summed E-state index contributed by atoms with van der Waals surface area (Å²) in [5, 5.41) is 0. The van der Waals surface area contributed by atoms with Crippen molar-refractivity contribution in [3.63, 3.8) is 0 Å². The SMILES string of the molecule is COc1ccc(CN(Cc2ccc(OC)cc2)c2cc(C)c(C(F)(F)F)c(N3CCc4c(nc(OC[C@@]56CCCN5C[C@H](F)C6)nc4N(C)[C@@H]4CCN(C(C)(C)C)C4)C3)n2)cc1. The van der Waals surface area contributed by atoms with Crippen molar-refractivity contribution in [2.24, 2.45) is 0 Å². The zero-order valence-electron chi connectivity index (χ0n) is 37.1. The van der Waals surface area contributed by atoms with E-state index in [9.17, 15) is 4.39 Å². The van der Waals surface area contributed by atoms with Crippen LogP contribution in [0.15, 0.2) is 54.6 Å². The summed E-state index contributed by atoms with van der Waals surface area (Å²) in [6.07, 6.45) is -2.02. The summed E-state index contributed by atoms with van der Waals surface area (Å²) in [6, 6.07) is 17.2. The first-order valence-corrected chi connectivity index (χ1v) is 21.8. The van der Waals surface area contributed by atoms with E-state index in [1.54, 1.807) is 19.1 Å². The number of anilines is 3. The van der Waals surface area contributed by atoms with Gasteiger partial charge in [-0.3, -0.25) is 9.80 Å². The molecule has 8 rings (SSSR count). The molecule has 4 aliphatic rings. The van der Waals surface area contributed by atoms with Crippen molar-refractivity contribution < 1.29 is 31.8 Å². The van der Waals surface area contributed by atoms with Crippen LogP contribution in [0.3, 0.4) is 0 Å². The number of halogens is 4. The van der Waals surface area contributed by atoms with Gasteiger partial charge in [0.25, 0.3) is 0 Å². The fourth-order valence-electron chi connectivity index (χ4n) is 9.91. The van der Waals surface area contributed by atoms with E-state index in [1.165, 1.54) is 13.0 Å². The van der Waals surface area contributed by atoms with Crippen molar-refractivity contribution in [3.05, 3.63) is 88.1 Å². The number of pyridine rings is 1. The number of benzene rings is 2. The largest absolute Gasteiger partial charge is 0.497 e. The number of aryl methyl sites for hydroxylation is 1. The Labute approximate surface area is 363 Å². The number of likely N-dealkylation sites (tertiary alicyclic amines) is 1. The van der Waals surface area contributed by atoms with Gasteiger partial charge in [-0.15, -0.1) is 0 Å². The second-order valence-electron chi connectivity index (χ2n) is 18.5. The fourth-order valence-corrected chi connectivity index (χ4v) is 9.91. The van der Waals surface area contributed by atoms with Crippen molar-refractivity contribution in [1.82, 2.24) is 24.8 Å². The topological polar surface area (TPSA) is 82.6 Å². The van der Waals surface area contributed by atoms with Crippen LogP contribution in [0.25, 0.3) is 0 Å². The maximum atomic E-state index is 15.2. The van der Waals surface area contributed by atoms with Crippen LogP contribution in [-0.2, 0) is 32.2 Å². The quantitative estimate of drug-likeness (QED) is 0.122. The molecule has 0 spiro atoms. The smallest absolute Gasteiger partial charge is 0.420 e. The van der Waals surface area contributed by atoms with E-state index >= 15 is 13.2 Å². The zero-order chi connectivity index (χ0) is 44.0. The summed E-state index contributed by atoms with van der Waals surface area (Å²) < 4.78 is 77.7. The molecule has 0 amide bonds. The standard InChI is InChI=1S/C47H60F4N8O3/c1-31-23-40(57(25-32-9-13-36(60-6)14-10-32)26-33-11-15-37(61-7)16-12-33)53-43(41(31)47(49,50)51)56-21-18-38-39(29-56)52-44(62-30-46-19-8-20-59(46)27-34(48)24-46)54-42(38)55(5)35-17-22-58(28-35)45(2,3)4/h9-16,23,34-35H,8,17-22,24-30H2,1-7H3/t34-,35-,46+/m1/s1. The second kappa shape index (κ2) is 17.3. The number of likely N-dealkylation sites (N-methyl/N-ethyl adjacent to an activating group) is 1. The van der Waals surface area contributed by atoms with Crippen molar-refractivity contribution in [1.29, 1.82) is 0 Å². The molecule has 6 heterocycles. The summed E-state index contributed by atoms with van der Waals surface area (Å²) >= 11 is 0. The first-order chi connectivity index (χ1) is 29.5. The number of nitrogens with zero attached hydrogens (tertiary/aromatic N) is 8. The summed E-state index contributed by atoms with van der Waals surface area (Å²) in [4.78, 5) is 25.5. The Morgan fingerprint density at radius 1 is 0.871 bits per heavy atom. The lowest BCUT2D eigenvalue weighted by atomic mass is 9.95. The van der Waals surface area contributed by atoms with E-state index in [0.29, 0.717) is 55.5 Å². The summed E-state index contributed by atoms with van der Waals surface area (Å²) in [7, 11) is 5.26. The minimum absolute atomic E-state index is 0.00616. The van der Waals surface area contributed by atoms with Crippen LogP contribution in [0.1, 0.15) is 80.0 Å². The molecule has 2 aromatic carbocycles. The Bertz CT molecular complexity index is 2150. The Morgan fingerprint density at radius 3 is 2.13 bits per heavy atom. The Hall–Kier alpha value is -4.89. The van der Waals surface area contributed by atoms with E-state index in [4.69, 9.17) is 29.2 Å². The molecule has 62 heavy (non-hydrogen) atoms. The first kappa shape index (κ1) is 43.7. The number of hydrogen-bond donors (Lipinski definition) is 0. The number of methoxy groups -OCH3 is 2. The third kappa shape index (κ3) is 9.11. The number of fused-ring (bicyclic) bond motifs is 2. The van der Waals surface area contributed by atoms with E-state index in [0.717, 1.165) is 61.4 Å². The summed E-state index contributed by atoms with van der Waals surface area (Å²) in [5.74, 6) is 2.43. The third-order valence-electron chi connectivity index (χ3n) is 13.4. The van der Waals surface area contributed by atoms with Gasteiger partial charge in [0.05, 0.1) is 32.0 Å². The van der Waals surface area contributed by atoms with Gasteiger partial charge >= 0.3 is 12.2 Å². The molecule has 0 unspecified atom stereocenters. The number of hydrogen-bond acceptors (Lipinski definition) is 11. The van der Waals surface area contributed by atoms with Crippen LogP contribution in [0.5, 0.6) is 17.5 Å². The molecule has 11 nitrogen and oxygen atoms in total. The third-order valence-corrected chi connectivity index (χ3v) is 13.4. The lowest BCUT2D eigenvalue weighted by molar-refractivity contribution is -0.137. The molecule has 0 aliphatic carbocycles. The van der Waals surface area contributed by atoms with Gasteiger partial charge in [0, 0.05) is 69.9 Å². The average Bonchev–Trinajstić information content (AvgIpc) is 3.97. The van der Waals surface area contributed by atoms with E-state index < -0.39 is 23.5 Å². The fraction of sp³-hybridized carbons (Fsp3) is 0.553. The predicted octanol–water partition coefficient (Wildman–Crippen LogP) is 8.25. The Balaban J connectivity index is 1.16. The van der Waals surface area contributed by atoms with Gasteiger partial charge in [-0.2, -0.15) is 23.1 Å². The highest BCUT2D eigenvalue weighted by Crippen LogP contribution is 2.43. The first-order valence-electron chi connectivity index (χ1n) is 21.8. The molecule has 2 aromatic heterocycles. The van der Waals surface area contributed by atoms with E-state index in [1.807, 2.05) is 60.5 Å². The van der Waals surface area contributed by atoms with E-state index in [2.05, 4.69) is 35.5 Å². The zero-order valence-corrected chi connectivity index (χ0v) is 37.1. The lowest BCUT2D eigenvalue weighted by Gasteiger charge is -2.36. The van der Waals surface area contributed by atoms with Gasteiger partial charge in [0.15, 0.2) is 0 Å². The lowest BCUT2D eigenvalue weighted by Crippen LogP contribution is -2.44. The number of aromatic nitrogens is 3. The molecule has 3 saturated heterocycles. The monoisotopic (exact) mass is 860 g/mol. The van der Waals surface area contributed by atoms with Gasteiger partial charge in [-0.05, 0) is 107 Å². The van der Waals surface area contributed by atoms with Crippen molar-refractivity contribution >= 4 is 17.5 Å². The maximum Gasteiger partial charge on any atom is 0.420 e. The van der Waals surface area contributed by atoms with Crippen LogP contribution in [-0.4, -0.2) is 109 Å². The highest BCUT2D eigenvalue weighted by Gasteiger charge is 2.49. The molecule has 0 bridgehead atoms. The minimum Gasteiger partial charge on any atom is -0.497 e. The van der Waals surface area contributed by atoms with Crippen LogP contribution >= 0.6 is 0 Å². The van der Waals surface area contributed by atoms with E-state index in [-0.39, 0.29) is 48.7 Å². The molecule has 334 valence electrons. The van der Waals surface area contributed by atoms with Gasteiger partial charge in [-0.1, -0.05) is 24.3 Å². The van der Waals surface area contributed by atoms with Crippen molar-refractivity contribution in [2.75, 3.05) is 75.3 Å². The summed E-state index contributed by atoms with van der Waals surface area (Å²) in [6.45, 7) is 12.6. The molecule has 0 saturated carbocycles. The van der Waals surface area contributed by atoms with Crippen molar-refractivity contribution in [3.8, 4) is 17.5 Å². The van der Waals surface area contributed by atoms with Crippen LogP contribution in [0, 0.1) is 6.92 Å². The molecule has 4 aliphatic heterocycles. The van der Waals surface area contributed by atoms with Crippen LogP contribution < -0.4 is 28.9 Å². The molecule has 15 heteroatoms. The van der Waals surface area contributed by atoms with Crippen LogP contribution in [0.4, 0.5) is 35.0 Å². The van der Waals surface area contributed by atoms with Gasteiger partial charge in [-0.25, -0.2) is 9.37 Å². The molecule has 3 atom stereocenters. The van der Waals surface area contributed by atoms with Crippen LogP contribution in [0.2, 0.25) is 0 Å². The van der Waals surface area contributed by atoms with Gasteiger partial charge in [0.2, 0.25) is 0 Å². The molecule has 4 aromatic rings. The normalized spacial score (nSPS) is 21.8. The number of ether oxygens (including phenoxy) is 3. The number of rotatable bonds is 13. The second-order valence-corrected chi connectivity index (χ2v) is 18.5. The number of alkyl halides is 4. The molecular weight excluding hydrogens is 801 g/mol. The predicted molar refractivity (Wildman–Crippen MR) is 233 cm³/mol. The minimum atomic E-state index is -4.67. The van der Waals surface area contributed by atoms with Gasteiger partial charge in [0.1, 0.15) is 47.3 Å². The molecule has 3 fully saturated rings. The Kier molecular flexibility index (Phi) is 12.2.